The van der Waals surface area contributed by atoms with E-state index in [1.165, 1.54) is 17.3 Å². The number of benzene rings is 3. The van der Waals surface area contributed by atoms with Gasteiger partial charge in [-0.25, -0.2) is 8.42 Å². The van der Waals surface area contributed by atoms with Gasteiger partial charge >= 0.3 is 0 Å². The summed E-state index contributed by atoms with van der Waals surface area (Å²) in [6.45, 7) is 7.98. The van der Waals surface area contributed by atoms with Crippen LogP contribution in [0.15, 0.2) is 76.5 Å². The minimum absolute atomic E-state index is 0.124. The van der Waals surface area contributed by atoms with Crippen molar-refractivity contribution in [1.82, 2.24) is 5.32 Å². The lowest BCUT2D eigenvalue weighted by Crippen LogP contribution is -2.41. The lowest BCUT2D eigenvalue weighted by atomic mass is 10.0. The Balaban J connectivity index is 1.89. The predicted molar refractivity (Wildman–Crippen MR) is 143 cm³/mol. The normalized spacial score (nSPS) is 12.1. The number of amides is 1. The highest BCUT2D eigenvalue weighted by Crippen LogP contribution is 2.27. The van der Waals surface area contributed by atoms with Gasteiger partial charge in [0.25, 0.3) is 10.0 Å². The zero-order valence-electron chi connectivity index (χ0n) is 20.7. The molecule has 0 aliphatic carbocycles. The first kappa shape index (κ1) is 26.6. The second kappa shape index (κ2) is 11.6. The molecule has 0 fully saturated rings. The Kier molecular flexibility index (Phi) is 8.86. The second-order valence-corrected chi connectivity index (χ2v) is 11.0. The Morgan fingerprint density at radius 3 is 2.23 bits per heavy atom. The molecule has 8 heteroatoms. The molecule has 0 aromatic heterocycles. The van der Waals surface area contributed by atoms with Crippen LogP contribution in [0.5, 0.6) is 5.75 Å². The molecule has 1 N–H and O–H groups in total. The fourth-order valence-corrected chi connectivity index (χ4v) is 5.43. The van der Waals surface area contributed by atoms with Crippen molar-refractivity contribution < 1.29 is 17.9 Å². The average molecular weight is 513 g/mol. The fourth-order valence-electron chi connectivity index (χ4n) is 3.60. The van der Waals surface area contributed by atoms with Crippen molar-refractivity contribution in [1.29, 1.82) is 0 Å². The number of nitrogens with zero attached hydrogens (tertiary/aromatic N) is 1. The van der Waals surface area contributed by atoms with Gasteiger partial charge in [0.2, 0.25) is 5.91 Å². The summed E-state index contributed by atoms with van der Waals surface area (Å²) in [7, 11) is -3.99. The number of carbonyl (C=O) groups is 1. The van der Waals surface area contributed by atoms with Gasteiger partial charge in [0, 0.05) is 4.90 Å². The van der Waals surface area contributed by atoms with Crippen LogP contribution in [0, 0.1) is 13.8 Å². The number of sulfonamides is 1. The van der Waals surface area contributed by atoms with Gasteiger partial charge in [-0.1, -0.05) is 18.2 Å². The highest BCUT2D eigenvalue weighted by molar-refractivity contribution is 7.98. The van der Waals surface area contributed by atoms with E-state index in [2.05, 4.69) is 5.32 Å². The molecule has 0 radical (unpaired) electrons. The molecule has 0 spiro atoms. The molecule has 3 rings (SSSR count). The lowest BCUT2D eigenvalue weighted by molar-refractivity contribution is -0.120. The maximum atomic E-state index is 13.6. The minimum Gasteiger partial charge on any atom is -0.494 e. The Morgan fingerprint density at radius 2 is 1.66 bits per heavy atom. The van der Waals surface area contributed by atoms with Gasteiger partial charge in [-0.3, -0.25) is 9.10 Å². The molecule has 0 bridgehead atoms. The maximum Gasteiger partial charge on any atom is 0.264 e. The van der Waals surface area contributed by atoms with E-state index in [0.717, 1.165) is 20.3 Å². The molecule has 1 atom stereocenters. The smallest absolute Gasteiger partial charge is 0.264 e. The number of rotatable bonds is 10. The van der Waals surface area contributed by atoms with Crippen molar-refractivity contribution in [3.05, 3.63) is 83.4 Å². The minimum atomic E-state index is -3.99. The molecule has 3 aromatic carbocycles. The third kappa shape index (κ3) is 6.58. The van der Waals surface area contributed by atoms with Crippen molar-refractivity contribution in [3.63, 3.8) is 0 Å². The Morgan fingerprint density at radius 1 is 1.00 bits per heavy atom. The van der Waals surface area contributed by atoms with E-state index in [4.69, 9.17) is 4.74 Å². The molecule has 0 aliphatic heterocycles. The van der Waals surface area contributed by atoms with Crippen LogP contribution in [0.25, 0.3) is 0 Å². The first-order valence-electron chi connectivity index (χ1n) is 11.4. The Hall–Kier alpha value is -2.97. The molecule has 1 unspecified atom stereocenters. The third-order valence-corrected chi connectivity index (χ3v) is 8.31. The van der Waals surface area contributed by atoms with Gasteiger partial charge in [0.05, 0.1) is 23.2 Å². The molecule has 1 amide bonds. The summed E-state index contributed by atoms with van der Waals surface area (Å²) >= 11 is 1.53. The quantitative estimate of drug-likeness (QED) is 0.363. The summed E-state index contributed by atoms with van der Waals surface area (Å²) < 4.78 is 33.9. The number of ether oxygens (including phenoxy) is 1. The fraction of sp³-hybridized carbons (Fsp3) is 0.296. The van der Waals surface area contributed by atoms with Gasteiger partial charge in [-0.2, -0.15) is 0 Å². The molecule has 0 heterocycles. The summed E-state index contributed by atoms with van der Waals surface area (Å²) in [5, 5.41) is 2.94. The van der Waals surface area contributed by atoms with Crippen molar-refractivity contribution >= 4 is 33.4 Å². The maximum absolute atomic E-state index is 13.6. The van der Waals surface area contributed by atoms with E-state index < -0.39 is 15.9 Å². The van der Waals surface area contributed by atoms with Gasteiger partial charge in [-0.15, -0.1) is 11.8 Å². The van der Waals surface area contributed by atoms with Crippen molar-refractivity contribution in [2.75, 3.05) is 23.7 Å². The van der Waals surface area contributed by atoms with E-state index in [0.29, 0.717) is 18.0 Å². The summed E-state index contributed by atoms with van der Waals surface area (Å²) in [6.07, 6.45) is 1.93. The number of hydrogen-bond acceptors (Lipinski definition) is 5. The van der Waals surface area contributed by atoms with E-state index >= 15 is 0 Å². The molecule has 186 valence electrons. The summed E-state index contributed by atoms with van der Waals surface area (Å²) in [5.74, 6) is 0.236. The SMILES string of the molecule is CCOc1ccc(N(CC(=O)NC(C)c2ccc(C)c(C)c2)S(=O)(=O)c2ccc(SC)cc2)cc1. The standard InChI is InChI=1S/C27H32N2O4S2/c1-6-33-24-11-9-23(10-12-24)29(35(31,32)26-15-13-25(34-5)14-16-26)18-27(30)28-21(4)22-8-7-19(2)20(3)17-22/h7-17,21H,6,18H2,1-5H3,(H,28,30). The van der Waals surface area contributed by atoms with E-state index in [1.807, 2.05) is 52.1 Å². The summed E-state index contributed by atoms with van der Waals surface area (Å²) in [5.41, 5.74) is 3.66. The highest BCUT2D eigenvalue weighted by atomic mass is 32.2. The number of hydrogen-bond donors (Lipinski definition) is 1. The number of thioether (sulfide) groups is 1. The van der Waals surface area contributed by atoms with Crippen LogP contribution in [-0.4, -0.2) is 33.7 Å². The van der Waals surface area contributed by atoms with Crippen LogP contribution >= 0.6 is 11.8 Å². The van der Waals surface area contributed by atoms with Crippen LogP contribution in [-0.2, 0) is 14.8 Å². The van der Waals surface area contributed by atoms with Crippen molar-refractivity contribution in [2.24, 2.45) is 0 Å². The summed E-state index contributed by atoms with van der Waals surface area (Å²) in [6, 6.07) is 19.1. The van der Waals surface area contributed by atoms with Crippen LogP contribution in [0.1, 0.15) is 36.6 Å². The van der Waals surface area contributed by atoms with Crippen LogP contribution < -0.4 is 14.4 Å². The molecule has 6 nitrogen and oxygen atoms in total. The highest BCUT2D eigenvalue weighted by Gasteiger charge is 2.28. The molecular formula is C27H32N2O4S2. The van der Waals surface area contributed by atoms with E-state index in [-0.39, 0.29) is 17.5 Å². The first-order chi connectivity index (χ1) is 16.6. The number of carbonyl (C=O) groups excluding carboxylic acids is 1. The van der Waals surface area contributed by atoms with Crippen LogP contribution in [0.4, 0.5) is 5.69 Å². The van der Waals surface area contributed by atoms with Crippen molar-refractivity contribution in [3.8, 4) is 5.75 Å². The van der Waals surface area contributed by atoms with Crippen molar-refractivity contribution in [2.45, 2.75) is 43.5 Å². The zero-order valence-corrected chi connectivity index (χ0v) is 22.4. The lowest BCUT2D eigenvalue weighted by Gasteiger charge is -2.25. The average Bonchev–Trinajstić information content (AvgIpc) is 2.85. The molecule has 35 heavy (non-hydrogen) atoms. The number of anilines is 1. The topological polar surface area (TPSA) is 75.7 Å². The summed E-state index contributed by atoms with van der Waals surface area (Å²) in [4.78, 5) is 14.1. The number of aryl methyl sites for hydroxylation is 2. The molecule has 0 saturated heterocycles. The van der Waals surface area contributed by atoms with Gasteiger partial charge in [-0.05, 0) is 99.2 Å². The van der Waals surface area contributed by atoms with Crippen LogP contribution in [0.3, 0.4) is 0 Å². The second-order valence-electron chi connectivity index (χ2n) is 8.25. The monoisotopic (exact) mass is 512 g/mol. The van der Waals surface area contributed by atoms with E-state index in [1.54, 1.807) is 48.5 Å². The van der Waals surface area contributed by atoms with Gasteiger partial charge in [0.1, 0.15) is 12.3 Å². The van der Waals surface area contributed by atoms with E-state index in [9.17, 15) is 13.2 Å². The number of nitrogens with one attached hydrogen (secondary N) is 1. The zero-order chi connectivity index (χ0) is 25.6. The molecule has 0 saturated carbocycles. The Labute approximate surface area is 212 Å². The molecular weight excluding hydrogens is 480 g/mol. The largest absolute Gasteiger partial charge is 0.494 e. The molecule has 3 aromatic rings. The first-order valence-corrected chi connectivity index (χ1v) is 14.1. The molecule has 0 aliphatic rings. The third-order valence-electron chi connectivity index (χ3n) is 5.78. The van der Waals surface area contributed by atoms with Gasteiger partial charge < -0.3 is 10.1 Å². The van der Waals surface area contributed by atoms with Gasteiger partial charge in [0.15, 0.2) is 0 Å². The predicted octanol–water partition coefficient (Wildman–Crippen LogP) is 5.50. The Bertz CT molecular complexity index is 1260. The van der Waals surface area contributed by atoms with Crippen LogP contribution in [0.2, 0.25) is 0 Å².